The molecule has 5 rings (SSSR count). The van der Waals surface area contributed by atoms with E-state index in [0.29, 0.717) is 18.8 Å². The standard InChI is InChI=1S/C31H39O6P.4H2S/c1-5-36-38(34,37-6-2)18-17-31(33)16-15-28-26-13-9-22-19-23(32)10-14-25(22)29(26)27(20-30(28,31)3)21-7-11-24(35-4)12-8-21;;;;/h7-8,11-12,19,26-28,33H,5-6,9-10,13-16,20H2,1-4H3;4*1H2/t26-,27+,28-,30-,31+;;;;/m0..../s1. The van der Waals surface area contributed by atoms with Gasteiger partial charge in [-0.1, -0.05) is 30.6 Å². The van der Waals surface area contributed by atoms with E-state index in [4.69, 9.17) is 13.8 Å². The van der Waals surface area contributed by atoms with Gasteiger partial charge in [0, 0.05) is 23.4 Å². The lowest BCUT2D eigenvalue weighted by Crippen LogP contribution is -2.51. The van der Waals surface area contributed by atoms with Crippen molar-refractivity contribution in [2.24, 2.45) is 17.3 Å². The van der Waals surface area contributed by atoms with Crippen LogP contribution in [0, 0.1) is 28.8 Å². The van der Waals surface area contributed by atoms with Gasteiger partial charge in [-0.25, -0.2) is 4.57 Å². The van der Waals surface area contributed by atoms with Crippen molar-refractivity contribution in [2.75, 3.05) is 20.3 Å². The second-order valence-corrected chi connectivity index (χ2v) is 13.0. The van der Waals surface area contributed by atoms with E-state index < -0.39 is 18.6 Å². The average molecular weight is 675 g/mol. The minimum Gasteiger partial charge on any atom is -0.497 e. The van der Waals surface area contributed by atoms with E-state index in [-0.39, 0.29) is 84.8 Å². The molecule has 0 unspecified atom stereocenters. The van der Waals surface area contributed by atoms with E-state index >= 15 is 0 Å². The molecule has 0 spiro atoms. The number of benzene rings is 1. The molecule has 0 heterocycles. The van der Waals surface area contributed by atoms with Gasteiger partial charge >= 0.3 is 7.60 Å². The summed E-state index contributed by atoms with van der Waals surface area (Å²) in [6.07, 6.45) is 7.18. The highest BCUT2D eigenvalue weighted by Crippen LogP contribution is 2.67. The highest BCUT2D eigenvalue weighted by molar-refractivity contribution is 7.60. The number of ether oxygens (including phenoxy) is 1. The zero-order valence-corrected chi connectivity index (χ0v) is 29.8. The lowest BCUT2D eigenvalue weighted by Gasteiger charge is -2.53. The summed E-state index contributed by atoms with van der Waals surface area (Å²) in [4.78, 5) is 12.3. The van der Waals surface area contributed by atoms with Crippen LogP contribution in [-0.2, 0) is 18.4 Å². The average Bonchev–Trinajstić information content (AvgIpc) is 3.17. The van der Waals surface area contributed by atoms with Gasteiger partial charge in [-0.05, 0) is 99.1 Å². The quantitative estimate of drug-likeness (QED) is 0.259. The first-order valence-electron chi connectivity index (χ1n) is 13.9. The fraction of sp³-hybridized carbons (Fsp3) is 0.581. The van der Waals surface area contributed by atoms with Crippen LogP contribution in [0.1, 0.15) is 77.2 Å². The molecule has 0 bridgehead atoms. The van der Waals surface area contributed by atoms with Gasteiger partial charge in [-0.2, -0.15) is 54.0 Å². The molecule has 2 fully saturated rings. The molecular formula is C31H47O6PS4. The predicted octanol–water partition coefficient (Wildman–Crippen LogP) is 7.00. The molecule has 0 aromatic heterocycles. The number of allylic oxidation sites excluding steroid dienone is 4. The van der Waals surface area contributed by atoms with Gasteiger partial charge in [0.2, 0.25) is 0 Å². The molecule has 0 amide bonds. The second-order valence-electron chi connectivity index (χ2n) is 11.2. The molecule has 1 aromatic carbocycles. The van der Waals surface area contributed by atoms with Gasteiger partial charge in [0.15, 0.2) is 5.78 Å². The van der Waals surface area contributed by atoms with Crippen LogP contribution in [0.15, 0.2) is 47.1 Å². The van der Waals surface area contributed by atoms with Gasteiger partial charge in [0.1, 0.15) is 11.4 Å². The zero-order chi connectivity index (χ0) is 27.1. The van der Waals surface area contributed by atoms with Crippen molar-refractivity contribution in [1.29, 1.82) is 0 Å². The Morgan fingerprint density at radius 2 is 1.64 bits per heavy atom. The fourth-order valence-electron chi connectivity index (χ4n) is 7.61. The van der Waals surface area contributed by atoms with Crippen LogP contribution in [-0.4, -0.2) is 36.8 Å². The lowest BCUT2D eigenvalue weighted by atomic mass is 9.51. The first-order valence-corrected chi connectivity index (χ1v) is 15.5. The molecule has 11 heteroatoms. The summed E-state index contributed by atoms with van der Waals surface area (Å²) < 4.78 is 29.4. The molecule has 0 radical (unpaired) electrons. The van der Waals surface area contributed by atoms with Crippen molar-refractivity contribution in [1.82, 2.24) is 0 Å². The maximum atomic E-state index is 13.2. The monoisotopic (exact) mass is 674 g/mol. The Morgan fingerprint density at radius 3 is 2.24 bits per heavy atom. The molecule has 1 N–H and O–H groups in total. The van der Waals surface area contributed by atoms with Crippen molar-refractivity contribution in [3.8, 4) is 17.3 Å². The minimum atomic E-state index is -3.61. The second kappa shape index (κ2) is 15.5. The largest absolute Gasteiger partial charge is 0.497 e. The lowest BCUT2D eigenvalue weighted by molar-refractivity contribution is -0.114. The predicted molar refractivity (Wildman–Crippen MR) is 188 cm³/mol. The summed E-state index contributed by atoms with van der Waals surface area (Å²) >= 11 is 0. The Morgan fingerprint density at radius 1 is 1.00 bits per heavy atom. The van der Waals surface area contributed by atoms with Gasteiger partial charge in [-0.3, -0.25) is 13.8 Å². The number of rotatable bonds is 6. The normalized spacial score (nSPS) is 29.4. The van der Waals surface area contributed by atoms with E-state index in [1.165, 1.54) is 22.3 Å². The Bertz CT molecular complexity index is 1280. The van der Waals surface area contributed by atoms with Crippen molar-refractivity contribution in [3.63, 3.8) is 0 Å². The number of aliphatic hydroxyl groups is 1. The molecule has 42 heavy (non-hydrogen) atoms. The highest BCUT2D eigenvalue weighted by Gasteiger charge is 2.62. The molecule has 4 aliphatic carbocycles. The number of methoxy groups -OCH3 is 1. The molecule has 236 valence electrons. The van der Waals surface area contributed by atoms with Crippen molar-refractivity contribution in [2.45, 2.75) is 77.2 Å². The van der Waals surface area contributed by atoms with Crippen LogP contribution in [0.3, 0.4) is 0 Å². The number of hydrogen-bond acceptors (Lipinski definition) is 6. The topological polar surface area (TPSA) is 82.1 Å². The van der Waals surface area contributed by atoms with E-state index in [9.17, 15) is 14.5 Å². The first kappa shape index (κ1) is 39.3. The van der Waals surface area contributed by atoms with Crippen LogP contribution in [0.5, 0.6) is 5.75 Å². The SMILES string of the molecule is CCOP(=O)(C#C[C@]1(O)CC[C@H]2[C@@H]3CCC4=CC(=O)CCC4=C3[C@@H](c3ccc(OC)cc3)C[C@@]21C)OCC.S.S.S.S. The van der Waals surface area contributed by atoms with Crippen LogP contribution in [0.2, 0.25) is 0 Å². The number of fused-ring (bicyclic) bond motifs is 4. The van der Waals surface area contributed by atoms with Crippen molar-refractivity contribution >= 4 is 67.4 Å². The summed E-state index contributed by atoms with van der Waals surface area (Å²) in [5.74, 6) is 4.74. The van der Waals surface area contributed by atoms with Crippen LogP contribution in [0.4, 0.5) is 0 Å². The number of hydrogen-bond donors (Lipinski definition) is 1. The number of ketones is 1. The van der Waals surface area contributed by atoms with Crippen molar-refractivity contribution < 1.29 is 28.3 Å². The third-order valence-electron chi connectivity index (χ3n) is 9.40. The molecule has 4 aliphatic rings. The summed E-state index contributed by atoms with van der Waals surface area (Å²) in [5, 5.41) is 12.2. The maximum Gasteiger partial charge on any atom is 0.405 e. The van der Waals surface area contributed by atoms with E-state index in [1.54, 1.807) is 21.0 Å². The molecule has 5 atom stereocenters. The number of carbonyl (C=O) groups excluding carboxylic acids is 1. The molecule has 0 aliphatic heterocycles. The molecule has 0 saturated heterocycles. The van der Waals surface area contributed by atoms with E-state index in [2.05, 4.69) is 30.6 Å². The third kappa shape index (κ3) is 7.05. The Balaban J connectivity index is 0.00000220. The highest BCUT2D eigenvalue weighted by atomic mass is 32.1. The van der Waals surface area contributed by atoms with Gasteiger partial charge in [0.05, 0.1) is 20.3 Å². The summed E-state index contributed by atoms with van der Waals surface area (Å²) in [5.41, 5.74) is 6.17. The summed E-state index contributed by atoms with van der Waals surface area (Å²) in [6, 6.07) is 8.24. The Labute approximate surface area is 279 Å². The van der Waals surface area contributed by atoms with Gasteiger partial charge in [-0.15, -0.1) is 0 Å². The molecule has 6 nitrogen and oxygen atoms in total. The van der Waals surface area contributed by atoms with Crippen molar-refractivity contribution in [3.05, 3.63) is 52.6 Å². The van der Waals surface area contributed by atoms with Crippen LogP contribution >= 0.6 is 61.6 Å². The summed E-state index contributed by atoms with van der Waals surface area (Å²) in [6.45, 7) is 6.13. The van der Waals surface area contributed by atoms with Crippen LogP contribution in [0.25, 0.3) is 0 Å². The van der Waals surface area contributed by atoms with E-state index in [1.807, 2.05) is 18.2 Å². The Kier molecular flexibility index (Phi) is 14.5. The van der Waals surface area contributed by atoms with Crippen LogP contribution < -0.4 is 4.74 Å². The first-order chi connectivity index (χ1) is 18.2. The molecular weight excluding hydrogens is 628 g/mol. The smallest absolute Gasteiger partial charge is 0.405 e. The minimum absolute atomic E-state index is 0. The number of carbonyl (C=O) groups is 1. The van der Waals surface area contributed by atoms with E-state index in [0.717, 1.165) is 37.9 Å². The molecule has 1 aromatic rings. The van der Waals surface area contributed by atoms with Gasteiger partial charge in [0.25, 0.3) is 0 Å². The molecule has 2 saturated carbocycles. The maximum absolute atomic E-state index is 13.2. The zero-order valence-electron chi connectivity index (χ0n) is 24.9. The van der Waals surface area contributed by atoms with Gasteiger partial charge < -0.3 is 9.84 Å². The fourth-order valence-corrected chi connectivity index (χ4v) is 8.81. The Hall–Kier alpha value is -0.760. The summed E-state index contributed by atoms with van der Waals surface area (Å²) in [7, 11) is -1.95. The third-order valence-corrected chi connectivity index (χ3v) is 11.0.